The molecule has 0 aromatic rings. The Hall–Kier alpha value is -0.730. The van der Waals surface area contributed by atoms with E-state index in [9.17, 15) is 9.90 Å². The Kier molecular flexibility index (Phi) is 3.61. The molecule has 2 fully saturated rings. The van der Waals surface area contributed by atoms with Crippen LogP contribution in [0.25, 0.3) is 0 Å². The Morgan fingerprint density at radius 1 is 1.44 bits per heavy atom. The molecule has 2 aliphatic rings. The lowest BCUT2D eigenvalue weighted by molar-refractivity contribution is -0.230. The lowest BCUT2D eigenvalue weighted by Gasteiger charge is -2.27. The Morgan fingerprint density at radius 2 is 2.11 bits per heavy atom. The van der Waals surface area contributed by atoms with Gasteiger partial charge in [-0.1, -0.05) is 0 Å². The van der Waals surface area contributed by atoms with Crippen molar-refractivity contribution < 1.29 is 34.0 Å². The third-order valence-electron chi connectivity index (χ3n) is 2.90. The molecule has 2 saturated heterocycles. The number of ether oxygens (including phenoxy) is 4. The van der Waals surface area contributed by atoms with Gasteiger partial charge in [0.05, 0.1) is 6.61 Å². The van der Waals surface area contributed by atoms with Crippen LogP contribution in [0.4, 0.5) is 0 Å². The maximum absolute atomic E-state index is 11.1. The van der Waals surface area contributed by atoms with Crippen molar-refractivity contribution in [3.05, 3.63) is 0 Å². The zero-order chi connectivity index (χ0) is 13.5. The first-order valence-electron chi connectivity index (χ1n) is 5.81. The second-order valence-corrected chi connectivity index (χ2v) is 4.89. The van der Waals surface area contributed by atoms with Gasteiger partial charge < -0.3 is 29.2 Å². The molecule has 0 amide bonds. The van der Waals surface area contributed by atoms with Gasteiger partial charge in [0.2, 0.25) is 0 Å². The molecule has 0 bridgehead atoms. The van der Waals surface area contributed by atoms with Gasteiger partial charge in [-0.3, -0.25) is 4.79 Å². The molecule has 18 heavy (non-hydrogen) atoms. The minimum atomic E-state index is -1.16. The highest BCUT2D eigenvalue weighted by molar-refractivity contribution is 5.66. The normalized spacial score (nSPS) is 39.4. The standard InChI is InChI=1S/C11H18O7/c1-5(13)15-8-7(6(14)4-12)16-10-9(8)17-11(2,3)18-10/h6-10,12,14H,4H2,1-3H3/t6-,7+,8-,9+,10+/m0/s1. The molecule has 2 rings (SSSR count). The lowest BCUT2D eigenvalue weighted by atomic mass is 10.1. The number of carbonyl (C=O) groups excluding carboxylic acids is 1. The van der Waals surface area contributed by atoms with E-state index in [1.165, 1.54) is 6.92 Å². The Bertz CT molecular complexity index is 329. The van der Waals surface area contributed by atoms with Crippen LogP contribution in [0.15, 0.2) is 0 Å². The maximum Gasteiger partial charge on any atom is 0.303 e. The number of carbonyl (C=O) groups is 1. The van der Waals surface area contributed by atoms with E-state index in [0.29, 0.717) is 0 Å². The van der Waals surface area contributed by atoms with Crippen molar-refractivity contribution >= 4 is 5.97 Å². The van der Waals surface area contributed by atoms with Crippen LogP contribution in [-0.4, -0.2) is 59.3 Å². The number of aliphatic hydroxyl groups excluding tert-OH is 2. The van der Waals surface area contributed by atoms with Crippen molar-refractivity contribution in [2.24, 2.45) is 0 Å². The number of hydrogen-bond acceptors (Lipinski definition) is 7. The average molecular weight is 262 g/mol. The van der Waals surface area contributed by atoms with Gasteiger partial charge in [0.1, 0.15) is 12.2 Å². The second kappa shape index (κ2) is 4.75. The third-order valence-corrected chi connectivity index (χ3v) is 2.90. The van der Waals surface area contributed by atoms with Crippen molar-refractivity contribution in [3.8, 4) is 0 Å². The smallest absolute Gasteiger partial charge is 0.303 e. The Balaban J connectivity index is 2.14. The Labute approximate surface area is 105 Å². The molecule has 0 aromatic carbocycles. The van der Waals surface area contributed by atoms with Gasteiger partial charge in [0, 0.05) is 6.92 Å². The minimum Gasteiger partial charge on any atom is -0.457 e. The quantitative estimate of drug-likeness (QED) is 0.639. The molecule has 104 valence electrons. The van der Waals surface area contributed by atoms with Crippen molar-refractivity contribution in [1.29, 1.82) is 0 Å². The topological polar surface area (TPSA) is 94.5 Å². The summed E-state index contributed by atoms with van der Waals surface area (Å²) in [5.41, 5.74) is 0. The zero-order valence-electron chi connectivity index (χ0n) is 10.5. The van der Waals surface area contributed by atoms with Gasteiger partial charge >= 0.3 is 5.97 Å². The fraction of sp³-hybridized carbons (Fsp3) is 0.909. The van der Waals surface area contributed by atoms with E-state index in [1.54, 1.807) is 13.8 Å². The first-order chi connectivity index (χ1) is 8.34. The van der Waals surface area contributed by atoms with Gasteiger partial charge in [-0.2, -0.15) is 0 Å². The molecule has 2 heterocycles. The highest BCUT2D eigenvalue weighted by Gasteiger charge is 2.57. The largest absolute Gasteiger partial charge is 0.457 e. The molecule has 2 aliphatic heterocycles. The van der Waals surface area contributed by atoms with E-state index in [0.717, 1.165) is 0 Å². The number of rotatable bonds is 3. The summed E-state index contributed by atoms with van der Waals surface area (Å²) in [7, 11) is 0. The van der Waals surface area contributed by atoms with Crippen molar-refractivity contribution in [2.45, 2.75) is 57.3 Å². The van der Waals surface area contributed by atoms with Crippen molar-refractivity contribution in [2.75, 3.05) is 6.61 Å². The first-order valence-corrected chi connectivity index (χ1v) is 5.81. The predicted molar refractivity (Wildman–Crippen MR) is 57.3 cm³/mol. The molecule has 2 N–H and O–H groups in total. The molecule has 0 spiro atoms. The number of aliphatic hydroxyl groups is 2. The van der Waals surface area contributed by atoms with E-state index in [-0.39, 0.29) is 0 Å². The summed E-state index contributed by atoms with van der Waals surface area (Å²) in [4.78, 5) is 11.1. The van der Waals surface area contributed by atoms with Gasteiger partial charge in [0.15, 0.2) is 24.3 Å². The second-order valence-electron chi connectivity index (χ2n) is 4.89. The van der Waals surface area contributed by atoms with E-state index in [4.69, 9.17) is 24.1 Å². The van der Waals surface area contributed by atoms with E-state index in [1.807, 2.05) is 0 Å². The van der Waals surface area contributed by atoms with Crippen molar-refractivity contribution in [3.63, 3.8) is 0 Å². The molecular weight excluding hydrogens is 244 g/mol. The fourth-order valence-corrected chi connectivity index (χ4v) is 2.24. The third kappa shape index (κ3) is 2.50. The molecule has 0 aliphatic carbocycles. The summed E-state index contributed by atoms with van der Waals surface area (Å²) < 4.78 is 21.6. The summed E-state index contributed by atoms with van der Waals surface area (Å²) in [6, 6.07) is 0. The van der Waals surface area contributed by atoms with Crippen LogP contribution in [0, 0.1) is 0 Å². The first kappa shape index (κ1) is 13.7. The minimum absolute atomic E-state index is 0.495. The Morgan fingerprint density at radius 3 is 2.67 bits per heavy atom. The lowest BCUT2D eigenvalue weighted by Crippen LogP contribution is -2.44. The highest BCUT2D eigenvalue weighted by atomic mass is 16.8. The van der Waals surface area contributed by atoms with Crippen LogP contribution in [0.3, 0.4) is 0 Å². The molecule has 0 radical (unpaired) electrons. The molecular formula is C11H18O7. The SMILES string of the molecule is CC(=O)O[C@@H]1[C@H]2OC(C)(C)O[C@H]2O[C@@H]1[C@@H](O)CO. The summed E-state index contributed by atoms with van der Waals surface area (Å²) in [5, 5.41) is 18.6. The van der Waals surface area contributed by atoms with E-state index >= 15 is 0 Å². The summed E-state index contributed by atoms with van der Waals surface area (Å²) in [6.07, 6.45) is -4.12. The molecule has 0 unspecified atom stereocenters. The van der Waals surface area contributed by atoms with Gasteiger partial charge in [0.25, 0.3) is 0 Å². The summed E-state index contributed by atoms with van der Waals surface area (Å²) in [6.45, 7) is 4.20. The molecule has 0 aromatic heterocycles. The van der Waals surface area contributed by atoms with E-state index < -0.39 is 49.1 Å². The van der Waals surface area contributed by atoms with Gasteiger partial charge in [-0.25, -0.2) is 0 Å². The molecule has 0 saturated carbocycles. The average Bonchev–Trinajstić information content (AvgIpc) is 2.71. The summed E-state index contributed by atoms with van der Waals surface area (Å²) >= 11 is 0. The predicted octanol–water partition coefficient (Wildman–Crippen LogP) is -0.852. The molecule has 7 nitrogen and oxygen atoms in total. The van der Waals surface area contributed by atoms with E-state index in [2.05, 4.69) is 0 Å². The van der Waals surface area contributed by atoms with Gasteiger partial charge in [-0.15, -0.1) is 0 Å². The zero-order valence-corrected chi connectivity index (χ0v) is 10.5. The molecule has 5 atom stereocenters. The number of hydrogen-bond donors (Lipinski definition) is 2. The van der Waals surface area contributed by atoms with Gasteiger partial charge in [-0.05, 0) is 13.8 Å². The van der Waals surface area contributed by atoms with Crippen LogP contribution in [0.2, 0.25) is 0 Å². The van der Waals surface area contributed by atoms with Crippen LogP contribution in [0.5, 0.6) is 0 Å². The summed E-state index contributed by atoms with van der Waals surface area (Å²) in [5.74, 6) is -1.34. The van der Waals surface area contributed by atoms with Crippen LogP contribution in [-0.2, 0) is 23.7 Å². The van der Waals surface area contributed by atoms with Crippen LogP contribution < -0.4 is 0 Å². The number of esters is 1. The number of fused-ring (bicyclic) bond motifs is 1. The monoisotopic (exact) mass is 262 g/mol. The van der Waals surface area contributed by atoms with Crippen LogP contribution in [0.1, 0.15) is 20.8 Å². The maximum atomic E-state index is 11.1. The fourth-order valence-electron chi connectivity index (χ4n) is 2.24. The van der Waals surface area contributed by atoms with Crippen LogP contribution >= 0.6 is 0 Å². The molecule has 7 heteroatoms. The van der Waals surface area contributed by atoms with Crippen molar-refractivity contribution in [1.82, 2.24) is 0 Å². The highest BCUT2D eigenvalue weighted by Crippen LogP contribution is 2.39.